The van der Waals surface area contributed by atoms with Gasteiger partial charge in [0.25, 0.3) is 0 Å². The van der Waals surface area contributed by atoms with Gasteiger partial charge in [0.1, 0.15) is 0 Å². The lowest BCUT2D eigenvalue weighted by atomic mass is 10.3. The van der Waals surface area contributed by atoms with E-state index in [9.17, 15) is 0 Å². The van der Waals surface area contributed by atoms with Gasteiger partial charge in [-0.25, -0.2) is 0 Å². The van der Waals surface area contributed by atoms with Crippen LogP contribution in [0.3, 0.4) is 0 Å². The first-order chi connectivity index (χ1) is 7.29. The van der Waals surface area contributed by atoms with Crippen molar-refractivity contribution in [1.82, 2.24) is 0 Å². The second-order valence-corrected chi connectivity index (χ2v) is 10.5. The zero-order chi connectivity index (χ0) is 12.6. The van der Waals surface area contributed by atoms with Gasteiger partial charge in [0.05, 0.1) is 37.7 Å². The molecule has 0 N–H and O–H groups in total. The molecule has 16 heavy (non-hydrogen) atoms. The van der Waals surface area contributed by atoms with Gasteiger partial charge in [0.2, 0.25) is 0 Å². The summed E-state index contributed by atoms with van der Waals surface area (Å²) in [5, 5.41) is 4.25. The van der Waals surface area contributed by atoms with E-state index >= 15 is 0 Å². The summed E-state index contributed by atoms with van der Waals surface area (Å²) in [7, 11) is -1.56. The summed E-state index contributed by atoms with van der Waals surface area (Å²) in [4.78, 5) is 0. The Hall–Kier alpha value is 0.814. The van der Waals surface area contributed by atoms with E-state index in [2.05, 4.69) is 26.2 Å². The third-order valence-corrected chi connectivity index (χ3v) is 7.60. The number of hydrogen-bond donors (Lipinski definition) is 0. The topological polar surface area (TPSA) is 0 Å². The summed E-state index contributed by atoms with van der Waals surface area (Å²) in [5.74, 6) is 0. The zero-order valence-electron chi connectivity index (χ0n) is 9.51. The maximum Gasteiger partial charge on any atom is 0.0833 e. The molecular formula is C10H12Cl4Si2. The van der Waals surface area contributed by atoms with Crippen LogP contribution >= 0.6 is 46.4 Å². The minimum atomic E-state index is -0.780. The SMILES string of the molecule is C[Si](C)c1c(Cl)c(Cl)c([Si](C)C)c(Cl)c1Cl. The summed E-state index contributed by atoms with van der Waals surface area (Å²) in [6.07, 6.45) is 0. The molecule has 0 bridgehead atoms. The Balaban J connectivity index is 3.63. The average Bonchev–Trinajstić information content (AvgIpc) is 2.14. The quantitative estimate of drug-likeness (QED) is 0.563. The van der Waals surface area contributed by atoms with E-state index in [1.54, 1.807) is 0 Å². The molecule has 1 aromatic carbocycles. The maximum absolute atomic E-state index is 6.28. The van der Waals surface area contributed by atoms with Crippen molar-refractivity contribution < 1.29 is 0 Å². The van der Waals surface area contributed by atoms with Crippen molar-refractivity contribution in [3.8, 4) is 0 Å². The van der Waals surface area contributed by atoms with Crippen molar-refractivity contribution in [3.05, 3.63) is 20.1 Å². The van der Waals surface area contributed by atoms with Crippen LogP contribution in [0.15, 0.2) is 0 Å². The molecule has 6 heteroatoms. The third-order valence-electron chi connectivity index (χ3n) is 2.26. The monoisotopic (exact) mass is 328 g/mol. The Labute approximate surface area is 120 Å². The van der Waals surface area contributed by atoms with E-state index in [0.717, 1.165) is 10.4 Å². The molecule has 0 nitrogen and oxygen atoms in total. The average molecular weight is 330 g/mol. The van der Waals surface area contributed by atoms with E-state index in [1.165, 1.54) is 0 Å². The lowest BCUT2D eigenvalue weighted by molar-refractivity contribution is 1.75. The van der Waals surface area contributed by atoms with Gasteiger partial charge in [0, 0.05) is 0 Å². The zero-order valence-corrected chi connectivity index (χ0v) is 14.5. The van der Waals surface area contributed by atoms with Crippen LogP contribution in [-0.4, -0.2) is 17.6 Å². The number of halogens is 4. The summed E-state index contributed by atoms with van der Waals surface area (Å²) in [5.41, 5.74) is 0. The molecule has 0 aliphatic rings. The molecule has 0 heterocycles. The van der Waals surface area contributed by atoms with Gasteiger partial charge in [-0.1, -0.05) is 72.6 Å². The summed E-state index contributed by atoms with van der Waals surface area (Å²) < 4.78 is 0. The summed E-state index contributed by atoms with van der Waals surface area (Å²) >= 11 is 25.1. The van der Waals surface area contributed by atoms with Crippen molar-refractivity contribution in [2.24, 2.45) is 0 Å². The van der Waals surface area contributed by atoms with Crippen molar-refractivity contribution in [2.45, 2.75) is 26.2 Å². The summed E-state index contributed by atoms with van der Waals surface area (Å²) in [6, 6.07) is 0. The first-order valence-electron chi connectivity index (χ1n) is 4.76. The second-order valence-electron chi connectivity index (χ2n) is 4.01. The highest BCUT2D eigenvalue weighted by Crippen LogP contribution is 2.29. The highest BCUT2D eigenvalue weighted by Gasteiger charge is 2.23. The molecule has 0 saturated carbocycles. The first-order valence-corrected chi connectivity index (χ1v) is 11.3. The molecule has 1 aromatic rings. The largest absolute Gasteiger partial charge is 0.0833 e. The van der Waals surface area contributed by atoms with E-state index in [0.29, 0.717) is 20.1 Å². The molecule has 0 unspecified atom stereocenters. The minimum absolute atomic E-state index is 0.594. The maximum atomic E-state index is 6.28. The molecule has 0 atom stereocenters. The molecule has 0 saturated heterocycles. The Kier molecular flexibility index (Phi) is 5.24. The minimum Gasteiger partial charge on any atom is -0.0828 e. The van der Waals surface area contributed by atoms with Crippen LogP contribution in [-0.2, 0) is 0 Å². The van der Waals surface area contributed by atoms with Crippen LogP contribution in [0.2, 0.25) is 46.3 Å². The van der Waals surface area contributed by atoms with E-state index in [1.807, 2.05) is 0 Å². The van der Waals surface area contributed by atoms with Crippen molar-refractivity contribution in [2.75, 3.05) is 0 Å². The molecule has 88 valence electrons. The van der Waals surface area contributed by atoms with Crippen molar-refractivity contribution in [3.63, 3.8) is 0 Å². The molecule has 0 aromatic heterocycles. The van der Waals surface area contributed by atoms with Crippen LogP contribution in [0.5, 0.6) is 0 Å². The van der Waals surface area contributed by atoms with Crippen LogP contribution in [0.25, 0.3) is 0 Å². The van der Waals surface area contributed by atoms with Gasteiger partial charge in [0.15, 0.2) is 0 Å². The van der Waals surface area contributed by atoms with Gasteiger partial charge in [-0.3, -0.25) is 0 Å². The van der Waals surface area contributed by atoms with E-state index in [-0.39, 0.29) is 0 Å². The van der Waals surface area contributed by atoms with Crippen LogP contribution in [0.4, 0.5) is 0 Å². The Morgan fingerprint density at radius 2 is 0.750 bits per heavy atom. The van der Waals surface area contributed by atoms with Gasteiger partial charge >= 0.3 is 0 Å². The molecule has 0 aliphatic carbocycles. The Morgan fingerprint density at radius 3 is 0.875 bits per heavy atom. The predicted octanol–water partition coefficient (Wildman–Crippen LogP) is 4.22. The number of hydrogen-bond acceptors (Lipinski definition) is 0. The van der Waals surface area contributed by atoms with Crippen molar-refractivity contribution in [1.29, 1.82) is 0 Å². The normalized spacial score (nSPS) is 11.6. The van der Waals surface area contributed by atoms with Crippen LogP contribution < -0.4 is 10.4 Å². The lowest BCUT2D eigenvalue weighted by Gasteiger charge is -2.18. The van der Waals surface area contributed by atoms with Gasteiger partial charge in [-0.2, -0.15) is 0 Å². The highest BCUT2D eigenvalue weighted by molar-refractivity contribution is 6.81. The number of benzene rings is 1. The summed E-state index contributed by atoms with van der Waals surface area (Å²) in [6.45, 7) is 8.48. The van der Waals surface area contributed by atoms with E-state index < -0.39 is 17.6 Å². The fourth-order valence-electron chi connectivity index (χ4n) is 1.51. The fraction of sp³-hybridized carbons (Fsp3) is 0.400. The Bertz CT molecular complexity index is 348. The highest BCUT2D eigenvalue weighted by atomic mass is 35.5. The van der Waals surface area contributed by atoms with E-state index in [4.69, 9.17) is 46.4 Å². The second kappa shape index (κ2) is 5.64. The lowest BCUT2D eigenvalue weighted by Crippen LogP contribution is -2.33. The molecule has 1 rings (SSSR count). The molecule has 2 radical (unpaired) electrons. The molecular weight excluding hydrogens is 318 g/mol. The fourth-order valence-corrected chi connectivity index (χ4v) is 7.20. The standard InChI is InChI=1S/C10H12Cl4Si2/c1-15(2)9-5(11)7(13)10(16(3)4)8(14)6(9)12/h1-4H3. The number of rotatable bonds is 2. The molecule has 0 fully saturated rings. The smallest absolute Gasteiger partial charge is 0.0828 e. The van der Waals surface area contributed by atoms with Gasteiger partial charge < -0.3 is 0 Å². The molecule has 0 aliphatic heterocycles. The predicted molar refractivity (Wildman–Crippen MR) is 80.7 cm³/mol. The van der Waals surface area contributed by atoms with Gasteiger partial charge in [-0.15, -0.1) is 0 Å². The van der Waals surface area contributed by atoms with Crippen LogP contribution in [0.1, 0.15) is 0 Å². The third kappa shape index (κ3) is 2.63. The molecule has 0 amide bonds. The van der Waals surface area contributed by atoms with Gasteiger partial charge in [-0.05, 0) is 10.4 Å². The Morgan fingerprint density at radius 1 is 0.562 bits per heavy atom. The first kappa shape index (κ1) is 14.9. The van der Waals surface area contributed by atoms with Crippen molar-refractivity contribution >= 4 is 74.4 Å². The van der Waals surface area contributed by atoms with Crippen LogP contribution in [0, 0.1) is 0 Å². The molecule has 0 spiro atoms.